The van der Waals surface area contributed by atoms with Crippen LogP contribution < -0.4 is 11.2 Å². The van der Waals surface area contributed by atoms with E-state index in [4.69, 9.17) is 23.8 Å². The summed E-state index contributed by atoms with van der Waals surface area (Å²) in [6.45, 7) is 10.4. The number of methoxy groups -OCH3 is 1. The van der Waals surface area contributed by atoms with E-state index < -0.39 is 38.2 Å². The molecule has 1 aliphatic rings. The third-order valence-corrected chi connectivity index (χ3v) is 7.09. The molecule has 1 aliphatic heterocycles. The van der Waals surface area contributed by atoms with Crippen molar-refractivity contribution in [3.05, 3.63) is 33.1 Å². The van der Waals surface area contributed by atoms with Gasteiger partial charge in [-0.1, -0.05) is 6.92 Å². The van der Waals surface area contributed by atoms with E-state index in [0.29, 0.717) is 6.42 Å². The summed E-state index contributed by atoms with van der Waals surface area (Å²) in [4.78, 5) is 26.3. The van der Waals surface area contributed by atoms with Crippen LogP contribution >= 0.6 is 8.53 Å². The van der Waals surface area contributed by atoms with Gasteiger partial charge in [0.15, 0.2) is 6.23 Å². The van der Waals surface area contributed by atoms with Gasteiger partial charge in [0, 0.05) is 31.5 Å². The molecule has 0 saturated carbocycles. The molecule has 1 fully saturated rings. The second kappa shape index (κ2) is 11.9. The van der Waals surface area contributed by atoms with Crippen LogP contribution in [0.1, 0.15) is 53.7 Å². The minimum absolute atomic E-state index is 0.118. The Kier molecular flexibility index (Phi) is 9.82. The monoisotopic (exact) mass is 456 g/mol. The van der Waals surface area contributed by atoms with E-state index in [9.17, 15) is 9.59 Å². The number of hydrogen-bond acceptors (Lipinski definition) is 8. The average molecular weight is 456 g/mol. The first-order chi connectivity index (χ1) is 14.7. The molecule has 0 spiro atoms. The fourth-order valence-corrected chi connectivity index (χ4v) is 5.42. The van der Waals surface area contributed by atoms with E-state index in [1.54, 1.807) is 7.11 Å². The average Bonchev–Trinajstić information content (AvgIpc) is 3.04. The normalized spacial score (nSPS) is 24.8. The minimum atomic E-state index is -1.58. The molecular weight excluding hydrogens is 423 g/mol. The van der Waals surface area contributed by atoms with Crippen LogP contribution in [0.15, 0.2) is 21.9 Å². The van der Waals surface area contributed by atoms with Crippen molar-refractivity contribution in [3.8, 4) is 6.07 Å². The minimum Gasteiger partial charge on any atom is -0.376 e. The van der Waals surface area contributed by atoms with Crippen molar-refractivity contribution in [2.24, 2.45) is 0 Å². The summed E-state index contributed by atoms with van der Waals surface area (Å²) in [6.07, 6.45) is 0.0754. The molecule has 0 radical (unpaired) electrons. The third kappa shape index (κ3) is 6.22. The maximum absolute atomic E-state index is 12.5. The van der Waals surface area contributed by atoms with E-state index in [2.05, 4.69) is 15.7 Å². The standard InChI is InChI=1S/C20H33N4O6P/c1-7-15-17(27-6)18(19(29-15)23-11-9-16(25)22-20(23)26)30-31(28-12-8-10-21)24(13(2)3)14(4)5/h9,11,13-15,17-19H,7-8,12H2,1-6H3,(H,22,25,26)/t15-,17+,18?,19-,31?/m1/s1. The number of nitriles is 1. The zero-order valence-corrected chi connectivity index (χ0v) is 19.9. The molecule has 2 rings (SSSR count). The van der Waals surface area contributed by atoms with Crippen LogP contribution in [0.2, 0.25) is 0 Å². The van der Waals surface area contributed by atoms with E-state index in [0.717, 1.165) is 0 Å². The summed E-state index contributed by atoms with van der Waals surface area (Å²) in [6, 6.07) is 3.58. The van der Waals surface area contributed by atoms with Crippen LogP contribution in [-0.2, 0) is 18.5 Å². The molecule has 5 atom stereocenters. The molecular formula is C20H33N4O6P. The second-order valence-corrected chi connectivity index (χ2v) is 9.21. The molecule has 11 heteroatoms. The Morgan fingerprint density at radius 1 is 1.29 bits per heavy atom. The highest BCUT2D eigenvalue weighted by atomic mass is 31.2. The number of H-pyrrole nitrogens is 1. The van der Waals surface area contributed by atoms with Crippen LogP contribution in [0, 0.1) is 11.3 Å². The van der Waals surface area contributed by atoms with Crippen LogP contribution in [0.25, 0.3) is 0 Å². The summed E-state index contributed by atoms with van der Waals surface area (Å²) in [7, 11) is -0.00403. The second-order valence-electron chi connectivity index (χ2n) is 7.81. The molecule has 1 N–H and O–H groups in total. The number of nitrogens with zero attached hydrogens (tertiary/aromatic N) is 3. The Hall–Kier alpha value is -1.60. The van der Waals surface area contributed by atoms with Gasteiger partial charge in [0.05, 0.1) is 25.2 Å². The number of hydrogen-bond donors (Lipinski definition) is 1. The quantitative estimate of drug-likeness (QED) is 0.399. The lowest BCUT2D eigenvalue weighted by molar-refractivity contribution is -0.0379. The highest BCUT2D eigenvalue weighted by molar-refractivity contribution is 7.44. The van der Waals surface area contributed by atoms with Gasteiger partial charge in [-0.2, -0.15) is 5.26 Å². The van der Waals surface area contributed by atoms with Gasteiger partial charge in [-0.3, -0.25) is 14.3 Å². The van der Waals surface area contributed by atoms with Gasteiger partial charge in [-0.05, 0) is 34.1 Å². The van der Waals surface area contributed by atoms with Crippen LogP contribution in [0.4, 0.5) is 0 Å². The lowest BCUT2D eigenvalue weighted by Gasteiger charge is -2.38. The molecule has 1 aromatic heterocycles. The zero-order chi connectivity index (χ0) is 23.1. The van der Waals surface area contributed by atoms with Crippen LogP contribution in [0.3, 0.4) is 0 Å². The Morgan fingerprint density at radius 2 is 1.97 bits per heavy atom. The van der Waals surface area contributed by atoms with Crippen molar-refractivity contribution in [3.63, 3.8) is 0 Å². The summed E-state index contributed by atoms with van der Waals surface area (Å²) in [5.74, 6) is 0. The molecule has 0 aromatic carbocycles. The Labute approximate surface area is 184 Å². The van der Waals surface area contributed by atoms with Gasteiger partial charge in [0.2, 0.25) is 0 Å². The van der Waals surface area contributed by atoms with Gasteiger partial charge in [-0.25, -0.2) is 9.46 Å². The maximum Gasteiger partial charge on any atom is 0.330 e. The van der Waals surface area contributed by atoms with Gasteiger partial charge >= 0.3 is 5.69 Å². The zero-order valence-electron chi connectivity index (χ0n) is 19.0. The predicted molar refractivity (Wildman–Crippen MR) is 116 cm³/mol. The number of ether oxygens (including phenoxy) is 2. The number of nitrogens with one attached hydrogen (secondary N) is 1. The van der Waals surface area contributed by atoms with Crippen LogP contribution in [-0.4, -0.2) is 58.3 Å². The molecule has 31 heavy (non-hydrogen) atoms. The van der Waals surface area contributed by atoms with Gasteiger partial charge < -0.3 is 18.5 Å². The highest BCUT2D eigenvalue weighted by Gasteiger charge is 2.48. The SMILES string of the molecule is CC[C@H]1O[C@@H](n2ccc(=O)[nH]c2=O)C(OP(OCCC#N)N(C(C)C)C(C)C)[C@H]1OC. The number of aromatic amines is 1. The van der Waals surface area contributed by atoms with E-state index >= 15 is 0 Å². The summed E-state index contributed by atoms with van der Waals surface area (Å²) in [5, 5.41) is 8.93. The maximum atomic E-state index is 12.5. The van der Waals surface area contributed by atoms with Crippen molar-refractivity contribution >= 4 is 8.53 Å². The molecule has 0 bridgehead atoms. The smallest absolute Gasteiger partial charge is 0.330 e. The molecule has 0 aliphatic carbocycles. The molecule has 10 nitrogen and oxygen atoms in total. The molecule has 2 heterocycles. The predicted octanol–water partition coefficient (Wildman–Crippen LogP) is 2.52. The molecule has 1 aromatic rings. The van der Waals surface area contributed by atoms with Crippen molar-refractivity contribution < 1.29 is 18.5 Å². The summed E-state index contributed by atoms with van der Waals surface area (Å²) in [5.41, 5.74) is -1.07. The van der Waals surface area contributed by atoms with Crippen molar-refractivity contribution in [2.45, 2.75) is 84.1 Å². The van der Waals surface area contributed by atoms with Gasteiger partial charge in [0.25, 0.3) is 14.1 Å². The lowest BCUT2D eigenvalue weighted by Crippen LogP contribution is -2.41. The molecule has 0 amide bonds. The number of aromatic nitrogens is 2. The van der Waals surface area contributed by atoms with Crippen LogP contribution in [0.5, 0.6) is 0 Å². The Balaban J connectivity index is 2.43. The Bertz CT molecular complexity index is 843. The van der Waals surface area contributed by atoms with E-state index in [1.807, 2.05) is 34.6 Å². The molecule has 174 valence electrons. The fourth-order valence-electron chi connectivity index (χ4n) is 3.68. The summed E-state index contributed by atoms with van der Waals surface area (Å²) < 4.78 is 27.8. The number of rotatable bonds is 11. The van der Waals surface area contributed by atoms with Gasteiger partial charge in [0.1, 0.15) is 12.2 Å². The third-order valence-electron chi connectivity index (χ3n) is 4.96. The first-order valence-electron chi connectivity index (χ1n) is 10.5. The van der Waals surface area contributed by atoms with Crippen molar-refractivity contribution in [2.75, 3.05) is 13.7 Å². The fraction of sp³-hybridized carbons (Fsp3) is 0.750. The van der Waals surface area contributed by atoms with Crippen molar-refractivity contribution in [1.82, 2.24) is 14.2 Å². The molecule has 1 saturated heterocycles. The highest BCUT2D eigenvalue weighted by Crippen LogP contribution is 2.50. The first-order valence-corrected chi connectivity index (χ1v) is 11.6. The topological polar surface area (TPSA) is 119 Å². The van der Waals surface area contributed by atoms with Gasteiger partial charge in [-0.15, -0.1) is 0 Å². The molecule has 2 unspecified atom stereocenters. The Morgan fingerprint density at radius 3 is 2.48 bits per heavy atom. The largest absolute Gasteiger partial charge is 0.376 e. The van der Waals surface area contributed by atoms with E-state index in [-0.39, 0.29) is 31.2 Å². The summed E-state index contributed by atoms with van der Waals surface area (Å²) >= 11 is 0. The van der Waals surface area contributed by atoms with E-state index in [1.165, 1.54) is 16.8 Å². The first kappa shape index (κ1) is 25.7. The lowest BCUT2D eigenvalue weighted by atomic mass is 10.1. The van der Waals surface area contributed by atoms with Crippen molar-refractivity contribution in [1.29, 1.82) is 5.26 Å².